The summed E-state index contributed by atoms with van der Waals surface area (Å²) in [5.41, 5.74) is 2.27. The van der Waals surface area contributed by atoms with E-state index >= 15 is 0 Å². The van der Waals surface area contributed by atoms with Crippen molar-refractivity contribution in [2.75, 3.05) is 25.1 Å². The van der Waals surface area contributed by atoms with Crippen LogP contribution in [0.15, 0.2) is 12.1 Å². The number of aliphatic hydroxyl groups excluding tert-OH is 1. The van der Waals surface area contributed by atoms with Gasteiger partial charge >= 0.3 is 0 Å². The number of aliphatic hydroxyl groups is 1. The average Bonchev–Trinajstić information content (AvgIpc) is 3.13. The van der Waals surface area contributed by atoms with Crippen LogP contribution >= 0.6 is 23.3 Å². The minimum atomic E-state index is -0.563. The van der Waals surface area contributed by atoms with E-state index in [1.165, 1.54) is 12.8 Å². The van der Waals surface area contributed by atoms with Crippen molar-refractivity contribution in [2.45, 2.75) is 18.9 Å². The number of fused-ring (bicyclic) bond motifs is 1. The molecule has 1 fully saturated rings. The lowest BCUT2D eigenvalue weighted by Crippen LogP contribution is -2.25. The lowest BCUT2D eigenvalue weighted by atomic mass is 10.2. The number of aromatic nitrogens is 2. The third-order valence-electron chi connectivity index (χ3n) is 3.25. The fourth-order valence-electron chi connectivity index (χ4n) is 1.93. The highest BCUT2D eigenvalue weighted by Crippen LogP contribution is 2.30. The van der Waals surface area contributed by atoms with Crippen molar-refractivity contribution in [1.82, 2.24) is 8.75 Å². The van der Waals surface area contributed by atoms with Gasteiger partial charge in [0.05, 0.1) is 35.1 Å². The maximum Gasteiger partial charge on any atom is 0.129 e. The highest BCUT2D eigenvalue weighted by molar-refractivity contribution is 7.00. The molecule has 1 aromatic heterocycles. The molecule has 108 valence electrons. The first-order chi connectivity index (χ1) is 9.74. The Bertz CT molecular complexity index is 588. The summed E-state index contributed by atoms with van der Waals surface area (Å²) in [7, 11) is 0. The molecule has 1 saturated carbocycles. The van der Waals surface area contributed by atoms with Crippen molar-refractivity contribution in [3.05, 3.63) is 17.2 Å². The van der Waals surface area contributed by atoms with E-state index in [0.717, 1.165) is 35.1 Å². The highest BCUT2D eigenvalue weighted by atomic mass is 35.5. The predicted molar refractivity (Wildman–Crippen MR) is 80.5 cm³/mol. The minimum absolute atomic E-state index is 0.340. The van der Waals surface area contributed by atoms with Crippen molar-refractivity contribution in [2.24, 2.45) is 5.92 Å². The summed E-state index contributed by atoms with van der Waals surface area (Å²) < 4.78 is 13.9. The number of hydrogen-bond donors (Lipinski definition) is 2. The first-order valence-electron chi connectivity index (χ1n) is 6.64. The van der Waals surface area contributed by atoms with E-state index in [0.29, 0.717) is 24.1 Å². The Kier molecular flexibility index (Phi) is 4.35. The zero-order valence-electron chi connectivity index (χ0n) is 10.9. The van der Waals surface area contributed by atoms with Gasteiger partial charge in [-0.15, -0.1) is 0 Å². The molecule has 0 saturated heterocycles. The quantitative estimate of drug-likeness (QED) is 0.822. The zero-order valence-corrected chi connectivity index (χ0v) is 12.5. The summed E-state index contributed by atoms with van der Waals surface area (Å²) >= 11 is 7.31. The Morgan fingerprint density at radius 2 is 2.30 bits per heavy atom. The van der Waals surface area contributed by atoms with Gasteiger partial charge in [-0.2, -0.15) is 8.75 Å². The van der Waals surface area contributed by atoms with Gasteiger partial charge in [0, 0.05) is 13.2 Å². The summed E-state index contributed by atoms with van der Waals surface area (Å²) in [6.45, 7) is 1.47. The Labute approximate surface area is 126 Å². The van der Waals surface area contributed by atoms with Crippen LogP contribution in [0.2, 0.25) is 5.02 Å². The Morgan fingerprint density at radius 1 is 1.45 bits per heavy atom. The van der Waals surface area contributed by atoms with Crippen molar-refractivity contribution in [3.8, 4) is 0 Å². The van der Waals surface area contributed by atoms with Gasteiger partial charge in [-0.1, -0.05) is 11.6 Å². The second kappa shape index (κ2) is 6.22. The van der Waals surface area contributed by atoms with E-state index in [-0.39, 0.29) is 0 Å². The number of halogens is 1. The third kappa shape index (κ3) is 3.38. The van der Waals surface area contributed by atoms with Gasteiger partial charge in [0.2, 0.25) is 0 Å². The molecule has 1 unspecified atom stereocenters. The van der Waals surface area contributed by atoms with Crippen LogP contribution in [0.4, 0.5) is 5.69 Å². The van der Waals surface area contributed by atoms with Gasteiger partial charge < -0.3 is 15.2 Å². The number of nitrogens with zero attached hydrogens (tertiary/aromatic N) is 2. The smallest absolute Gasteiger partial charge is 0.129 e. The molecule has 1 heterocycles. The van der Waals surface area contributed by atoms with Gasteiger partial charge in [0.25, 0.3) is 0 Å². The van der Waals surface area contributed by atoms with E-state index in [2.05, 4.69) is 14.1 Å². The van der Waals surface area contributed by atoms with Crippen LogP contribution in [0.3, 0.4) is 0 Å². The van der Waals surface area contributed by atoms with Gasteiger partial charge in [-0.05, 0) is 30.9 Å². The molecule has 0 amide bonds. The molecule has 7 heteroatoms. The number of rotatable bonds is 7. The molecule has 5 nitrogen and oxygen atoms in total. The number of ether oxygens (including phenoxy) is 1. The van der Waals surface area contributed by atoms with Crippen LogP contribution in [0.5, 0.6) is 0 Å². The summed E-state index contributed by atoms with van der Waals surface area (Å²) in [6.07, 6.45) is 1.94. The monoisotopic (exact) mass is 313 g/mol. The first-order valence-corrected chi connectivity index (χ1v) is 7.75. The molecule has 20 heavy (non-hydrogen) atoms. The van der Waals surface area contributed by atoms with Gasteiger partial charge in [-0.25, -0.2) is 0 Å². The fraction of sp³-hybridized carbons (Fsp3) is 0.538. The van der Waals surface area contributed by atoms with Crippen LogP contribution < -0.4 is 5.32 Å². The van der Waals surface area contributed by atoms with Gasteiger partial charge in [0.15, 0.2) is 0 Å². The maximum absolute atomic E-state index is 9.89. The zero-order chi connectivity index (χ0) is 13.9. The Balaban J connectivity index is 1.55. The normalized spacial score (nSPS) is 16.5. The van der Waals surface area contributed by atoms with E-state index in [4.69, 9.17) is 16.3 Å². The summed E-state index contributed by atoms with van der Waals surface area (Å²) in [5.74, 6) is 0.708. The largest absolute Gasteiger partial charge is 0.389 e. The lowest BCUT2D eigenvalue weighted by Gasteiger charge is -2.14. The SMILES string of the molecule is OC(CNc1c(Cl)ccc2nsnc12)COCC1CC1. The molecule has 1 atom stereocenters. The second-order valence-corrected chi connectivity index (χ2v) is 6.01. The van der Waals surface area contributed by atoms with E-state index in [1.54, 1.807) is 6.07 Å². The number of benzene rings is 1. The van der Waals surface area contributed by atoms with Crippen molar-refractivity contribution < 1.29 is 9.84 Å². The highest BCUT2D eigenvalue weighted by Gasteiger charge is 2.21. The van der Waals surface area contributed by atoms with E-state index in [1.807, 2.05) is 6.07 Å². The van der Waals surface area contributed by atoms with Crippen molar-refractivity contribution >= 4 is 40.0 Å². The molecule has 1 aliphatic carbocycles. The molecule has 1 aromatic carbocycles. The molecule has 2 aromatic rings. The number of nitrogens with one attached hydrogen (secondary N) is 1. The van der Waals surface area contributed by atoms with Crippen LogP contribution in [-0.2, 0) is 4.74 Å². The molecule has 0 radical (unpaired) electrons. The van der Waals surface area contributed by atoms with Gasteiger partial charge in [0.1, 0.15) is 11.0 Å². The number of anilines is 1. The molecule has 0 spiro atoms. The van der Waals surface area contributed by atoms with Crippen LogP contribution in [0, 0.1) is 5.92 Å². The van der Waals surface area contributed by atoms with Crippen molar-refractivity contribution in [3.63, 3.8) is 0 Å². The first kappa shape index (κ1) is 14.0. The molecular formula is C13H16ClN3O2S. The predicted octanol–water partition coefficient (Wildman–Crippen LogP) is 2.54. The molecule has 0 aliphatic heterocycles. The summed E-state index contributed by atoms with van der Waals surface area (Å²) in [5, 5.41) is 13.6. The van der Waals surface area contributed by atoms with E-state index < -0.39 is 6.10 Å². The van der Waals surface area contributed by atoms with Crippen molar-refractivity contribution in [1.29, 1.82) is 0 Å². The molecule has 1 aliphatic rings. The number of hydrogen-bond acceptors (Lipinski definition) is 6. The molecular weight excluding hydrogens is 298 g/mol. The second-order valence-electron chi connectivity index (χ2n) is 5.07. The summed E-state index contributed by atoms with van der Waals surface area (Å²) in [4.78, 5) is 0. The molecule has 2 N–H and O–H groups in total. The lowest BCUT2D eigenvalue weighted by molar-refractivity contribution is 0.0386. The fourth-order valence-corrected chi connectivity index (χ4v) is 2.69. The minimum Gasteiger partial charge on any atom is -0.389 e. The summed E-state index contributed by atoms with van der Waals surface area (Å²) in [6, 6.07) is 3.62. The molecule has 0 bridgehead atoms. The van der Waals surface area contributed by atoms with Crippen LogP contribution in [0.25, 0.3) is 11.0 Å². The molecule has 3 rings (SSSR count). The Morgan fingerprint density at radius 3 is 3.10 bits per heavy atom. The topological polar surface area (TPSA) is 67.3 Å². The van der Waals surface area contributed by atoms with Crippen LogP contribution in [0.1, 0.15) is 12.8 Å². The maximum atomic E-state index is 9.89. The van der Waals surface area contributed by atoms with E-state index in [9.17, 15) is 5.11 Å². The Hall–Kier alpha value is -0.950. The third-order valence-corrected chi connectivity index (χ3v) is 4.11. The van der Waals surface area contributed by atoms with Crippen LogP contribution in [-0.4, -0.2) is 39.7 Å². The van der Waals surface area contributed by atoms with Gasteiger partial charge in [-0.3, -0.25) is 0 Å². The standard InChI is InChI=1S/C13H16ClN3O2S/c14-10-3-4-11-13(17-20-16-11)12(10)15-5-9(18)7-19-6-8-1-2-8/h3-4,8-9,15,18H,1-2,5-7H2. The average molecular weight is 314 g/mol.